The zero-order chi connectivity index (χ0) is 8.65. The highest BCUT2D eigenvalue weighted by Crippen LogP contribution is 2.24. The number of Topliss-reactive ketones (excluding diaryl/α,β-unsaturated/α-hetero) is 1. The molecular formula is C5H2Br2O3S. The molecule has 1 aliphatic rings. The zero-order valence-corrected chi connectivity index (χ0v) is 9.03. The largest absolute Gasteiger partial charge is 0.287 e. The van der Waals surface area contributed by atoms with Gasteiger partial charge in [-0.2, -0.15) is 0 Å². The van der Waals surface area contributed by atoms with E-state index in [0.29, 0.717) is 0 Å². The number of sulfone groups is 1. The average molecular weight is 302 g/mol. The molecule has 0 fully saturated rings. The van der Waals surface area contributed by atoms with Crippen molar-refractivity contribution in [1.29, 1.82) is 0 Å². The molecule has 0 aromatic carbocycles. The van der Waals surface area contributed by atoms with Crippen LogP contribution in [0.1, 0.15) is 0 Å². The van der Waals surface area contributed by atoms with Crippen molar-refractivity contribution in [2.75, 3.05) is 0 Å². The van der Waals surface area contributed by atoms with Gasteiger partial charge >= 0.3 is 0 Å². The minimum atomic E-state index is -3.35. The van der Waals surface area contributed by atoms with Crippen molar-refractivity contribution >= 4 is 47.5 Å². The molecule has 0 bridgehead atoms. The van der Waals surface area contributed by atoms with Crippen molar-refractivity contribution in [3.05, 3.63) is 19.8 Å². The van der Waals surface area contributed by atoms with E-state index in [2.05, 4.69) is 31.9 Å². The topological polar surface area (TPSA) is 51.2 Å². The first-order valence-electron chi connectivity index (χ1n) is 2.46. The van der Waals surface area contributed by atoms with Crippen LogP contribution in [-0.4, -0.2) is 14.2 Å². The Hall–Kier alpha value is 0.0600. The Labute approximate surface area is 80.3 Å². The second kappa shape index (κ2) is 2.84. The summed E-state index contributed by atoms with van der Waals surface area (Å²) in [6, 6.07) is 0. The number of carbonyl (C=O) groups excluding carboxylic acids is 1. The van der Waals surface area contributed by atoms with Crippen molar-refractivity contribution in [2.24, 2.45) is 0 Å². The lowest BCUT2D eigenvalue weighted by atomic mass is 10.4. The number of rotatable bonds is 0. The van der Waals surface area contributed by atoms with Gasteiger partial charge in [0.1, 0.15) is 0 Å². The van der Waals surface area contributed by atoms with Gasteiger partial charge < -0.3 is 0 Å². The smallest absolute Gasteiger partial charge is 0.208 e. The van der Waals surface area contributed by atoms with E-state index in [1.165, 1.54) is 0 Å². The Kier molecular flexibility index (Phi) is 2.36. The molecule has 0 aromatic heterocycles. The second-order valence-corrected chi connectivity index (χ2v) is 5.21. The van der Waals surface area contributed by atoms with Crippen LogP contribution >= 0.6 is 31.9 Å². The van der Waals surface area contributed by atoms with E-state index >= 15 is 0 Å². The third kappa shape index (κ3) is 2.00. The summed E-state index contributed by atoms with van der Waals surface area (Å²) in [5, 5.41) is 1.75. The monoisotopic (exact) mass is 300 g/mol. The molecule has 0 amide bonds. The van der Waals surface area contributed by atoms with E-state index in [1.807, 2.05) is 0 Å². The molecule has 0 radical (unpaired) electrons. The quantitative estimate of drug-likeness (QED) is 0.680. The molecule has 0 saturated carbocycles. The van der Waals surface area contributed by atoms with E-state index in [4.69, 9.17) is 0 Å². The Morgan fingerprint density at radius 2 is 1.45 bits per heavy atom. The summed E-state index contributed by atoms with van der Waals surface area (Å²) >= 11 is 5.66. The number of allylic oxidation sites excluding steroid dienone is 2. The summed E-state index contributed by atoms with van der Waals surface area (Å²) in [6.45, 7) is 0. The summed E-state index contributed by atoms with van der Waals surface area (Å²) in [5.41, 5.74) is 0. The van der Waals surface area contributed by atoms with E-state index in [-0.39, 0.29) is 14.7 Å². The number of halogens is 2. The predicted octanol–water partition coefficient (Wildman–Crippen LogP) is 1.46. The Morgan fingerprint density at radius 3 is 1.82 bits per heavy atom. The molecule has 0 atom stereocenters. The maximum absolute atomic E-state index is 10.9. The third-order valence-corrected chi connectivity index (χ3v) is 3.88. The molecule has 0 N–H and O–H groups in total. The predicted molar refractivity (Wildman–Crippen MR) is 47.9 cm³/mol. The highest BCUT2D eigenvalue weighted by Gasteiger charge is 2.21. The van der Waals surface area contributed by atoms with Gasteiger partial charge in [-0.3, -0.25) is 4.79 Å². The van der Waals surface area contributed by atoms with Crippen LogP contribution in [-0.2, 0) is 14.6 Å². The van der Waals surface area contributed by atoms with Crippen LogP contribution < -0.4 is 0 Å². The van der Waals surface area contributed by atoms with E-state index in [9.17, 15) is 13.2 Å². The summed E-state index contributed by atoms with van der Waals surface area (Å²) in [6.07, 6.45) is 0. The maximum atomic E-state index is 10.9. The molecule has 0 unspecified atom stereocenters. The number of carbonyl (C=O) groups is 1. The first-order valence-corrected chi connectivity index (χ1v) is 5.66. The average Bonchev–Trinajstić information content (AvgIpc) is 1.81. The lowest BCUT2D eigenvalue weighted by Crippen LogP contribution is -2.07. The van der Waals surface area contributed by atoms with Crippen LogP contribution in [0.25, 0.3) is 0 Å². The highest BCUT2D eigenvalue weighted by molar-refractivity contribution is 9.13. The highest BCUT2D eigenvalue weighted by atomic mass is 79.9. The number of hydrogen-bond acceptors (Lipinski definition) is 3. The molecule has 0 spiro atoms. The lowest BCUT2D eigenvalue weighted by molar-refractivity contribution is -0.110. The first kappa shape index (κ1) is 9.15. The van der Waals surface area contributed by atoms with Gasteiger partial charge in [-0.1, -0.05) is 0 Å². The van der Waals surface area contributed by atoms with Gasteiger partial charge in [0.25, 0.3) is 0 Å². The molecule has 3 nitrogen and oxygen atoms in total. The third-order valence-electron chi connectivity index (χ3n) is 0.969. The van der Waals surface area contributed by atoms with E-state index < -0.39 is 9.84 Å². The fourth-order valence-electron chi connectivity index (χ4n) is 0.544. The van der Waals surface area contributed by atoms with Gasteiger partial charge in [0.2, 0.25) is 5.78 Å². The van der Waals surface area contributed by atoms with Crippen molar-refractivity contribution in [2.45, 2.75) is 0 Å². The second-order valence-electron chi connectivity index (χ2n) is 1.85. The minimum Gasteiger partial charge on any atom is -0.287 e. The molecule has 1 aliphatic heterocycles. The molecule has 60 valence electrons. The molecule has 6 heteroatoms. The van der Waals surface area contributed by atoms with E-state index in [1.54, 1.807) is 0 Å². The fourth-order valence-corrected chi connectivity index (χ4v) is 3.66. The zero-order valence-electron chi connectivity index (χ0n) is 5.04. The van der Waals surface area contributed by atoms with Crippen LogP contribution in [0.5, 0.6) is 0 Å². The van der Waals surface area contributed by atoms with Gasteiger partial charge in [0.15, 0.2) is 9.84 Å². The minimum absolute atomic E-state index is 0.0480. The molecule has 1 rings (SSSR count). The summed E-state index contributed by atoms with van der Waals surface area (Å²) in [5.74, 6) is -0.361. The molecular weight excluding hydrogens is 300 g/mol. The number of ketones is 1. The van der Waals surface area contributed by atoms with Crippen molar-refractivity contribution < 1.29 is 13.2 Å². The molecule has 0 aliphatic carbocycles. The Balaban J connectivity index is 3.30. The standard InChI is InChI=1S/C5H2Br2O3S/c6-3-1-11(9,10)2-4(7)5(3)8/h1-2H. The van der Waals surface area contributed by atoms with Crippen molar-refractivity contribution in [3.8, 4) is 0 Å². The summed E-state index contributed by atoms with van der Waals surface area (Å²) in [4.78, 5) is 10.9. The van der Waals surface area contributed by atoms with Crippen molar-refractivity contribution in [3.63, 3.8) is 0 Å². The number of hydrogen-bond donors (Lipinski definition) is 0. The van der Waals surface area contributed by atoms with Crippen LogP contribution in [0.3, 0.4) is 0 Å². The van der Waals surface area contributed by atoms with Crippen molar-refractivity contribution in [1.82, 2.24) is 0 Å². The van der Waals surface area contributed by atoms with Gasteiger partial charge in [-0.05, 0) is 31.9 Å². The van der Waals surface area contributed by atoms with Gasteiger partial charge in [0, 0.05) is 0 Å². The summed E-state index contributed by atoms with van der Waals surface area (Å²) < 4.78 is 21.8. The fraction of sp³-hybridized carbons (Fsp3) is 0. The van der Waals surface area contributed by atoms with Gasteiger partial charge in [-0.25, -0.2) is 8.42 Å². The van der Waals surface area contributed by atoms with Gasteiger partial charge in [-0.15, -0.1) is 0 Å². The van der Waals surface area contributed by atoms with Crippen LogP contribution in [0, 0.1) is 0 Å². The molecule has 0 saturated heterocycles. The van der Waals surface area contributed by atoms with Gasteiger partial charge in [0.05, 0.1) is 19.8 Å². The van der Waals surface area contributed by atoms with Crippen LogP contribution in [0.15, 0.2) is 19.8 Å². The lowest BCUT2D eigenvalue weighted by Gasteiger charge is -2.02. The molecule has 0 aromatic rings. The Bertz CT molecular complexity index is 335. The SMILES string of the molecule is O=C1C(Br)=CS(=O)(=O)C=C1Br. The van der Waals surface area contributed by atoms with Crippen LogP contribution in [0.2, 0.25) is 0 Å². The molecule has 11 heavy (non-hydrogen) atoms. The Morgan fingerprint density at radius 1 is 1.09 bits per heavy atom. The van der Waals surface area contributed by atoms with E-state index in [0.717, 1.165) is 10.8 Å². The molecule has 1 heterocycles. The van der Waals surface area contributed by atoms with Crippen LogP contribution in [0.4, 0.5) is 0 Å². The first-order chi connectivity index (χ1) is 4.92. The maximum Gasteiger partial charge on any atom is 0.208 e. The normalized spacial score (nSPS) is 22.5. The summed E-state index contributed by atoms with van der Waals surface area (Å²) in [7, 11) is -3.35.